The number of ether oxygens (including phenoxy) is 1. The third kappa shape index (κ3) is 5.04. The van der Waals surface area contributed by atoms with E-state index in [1.807, 2.05) is 54.6 Å². The minimum atomic E-state index is -0.338. The molecule has 0 spiro atoms. The van der Waals surface area contributed by atoms with Crippen LogP contribution in [0.5, 0.6) is 11.5 Å². The van der Waals surface area contributed by atoms with Gasteiger partial charge in [0.2, 0.25) is 11.0 Å². The van der Waals surface area contributed by atoms with Crippen LogP contribution >= 0.6 is 23.1 Å². The highest BCUT2D eigenvalue weighted by atomic mass is 32.2. The van der Waals surface area contributed by atoms with Gasteiger partial charge in [0.25, 0.3) is 0 Å². The fraction of sp³-hybridized carbons (Fsp3) is 0.158. The van der Waals surface area contributed by atoms with Crippen molar-refractivity contribution in [2.75, 3.05) is 24.2 Å². The van der Waals surface area contributed by atoms with Crippen molar-refractivity contribution < 1.29 is 14.3 Å². The summed E-state index contributed by atoms with van der Waals surface area (Å²) in [5.74, 6) is 1.43. The summed E-state index contributed by atoms with van der Waals surface area (Å²) in [7, 11) is 0. The number of nitrogens with zero attached hydrogens (tertiary/aromatic N) is 3. The maximum Gasteiger partial charge on any atom is 0.324 e. The van der Waals surface area contributed by atoms with Crippen molar-refractivity contribution in [3.8, 4) is 11.5 Å². The molecule has 1 aromatic heterocycles. The quantitative estimate of drug-likeness (QED) is 0.555. The first-order chi connectivity index (χ1) is 14.2. The normalized spacial score (nSPS) is 13.2. The predicted octanol–water partition coefficient (Wildman–Crippen LogP) is 3.72. The van der Waals surface area contributed by atoms with Crippen molar-refractivity contribution in [3.05, 3.63) is 54.6 Å². The third-order valence-electron chi connectivity index (χ3n) is 3.97. The van der Waals surface area contributed by atoms with Crippen LogP contribution in [0.1, 0.15) is 0 Å². The van der Waals surface area contributed by atoms with Crippen molar-refractivity contribution in [1.82, 2.24) is 20.4 Å². The summed E-state index contributed by atoms with van der Waals surface area (Å²) in [6.45, 7) is 0.905. The molecule has 1 aliphatic rings. The highest BCUT2D eigenvalue weighted by Gasteiger charge is 2.26. The molecule has 0 atom stereocenters. The second kappa shape index (κ2) is 8.93. The van der Waals surface area contributed by atoms with Gasteiger partial charge in [0.05, 0.1) is 5.75 Å². The number of para-hydroxylation sites is 1. The molecule has 0 bridgehead atoms. The first-order valence-corrected chi connectivity index (χ1v) is 10.6. The van der Waals surface area contributed by atoms with Crippen molar-refractivity contribution in [1.29, 1.82) is 0 Å². The van der Waals surface area contributed by atoms with Gasteiger partial charge >= 0.3 is 6.03 Å². The van der Waals surface area contributed by atoms with Gasteiger partial charge in [0.1, 0.15) is 11.5 Å². The summed E-state index contributed by atoms with van der Waals surface area (Å²) in [5, 5.41) is 14.6. The zero-order valence-electron chi connectivity index (χ0n) is 15.2. The van der Waals surface area contributed by atoms with Crippen LogP contribution < -0.4 is 15.4 Å². The number of nitrogens with one attached hydrogen (secondary N) is 2. The van der Waals surface area contributed by atoms with Gasteiger partial charge in [-0.2, -0.15) is 0 Å². The number of rotatable bonds is 7. The minimum absolute atomic E-state index is 0.146. The first-order valence-electron chi connectivity index (χ1n) is 8.82. The fourth-order valence-electron chi connectivity index (χ4n) is 2.58. The van der Waals surface area contributed by atoms with Crippen LogP contribution in [-0.2, 0) is 4.79 Å². The number of aromatic nitrogens is 2. The Morgan fingerprint density at radius 1 is 1.14 bits per heavy atom. The molecule has 1 saturated heterocycles. The monoisotopic (exact) mass is 427 g/mol. The number of carbonyl (C=O) groups is 2. The van der Waals surface area contributed by atoms with Crippen molar-refractivity contribution in [2.24, 2.45) is 0 Å². The molecular weight excluding hydrogens is 410 g/mol. The molecule has 1 fully saturated rings. The van der Waals surface area contributed by atoms with Gasteiger partial charge in [-0.15, -0.1) is 10.2 Å². The highest BCUT2D eigenvalue weighted by Crippen LogP contribution is 2.29. The lowest BCUT2D eigenvalue weighted by molar-refractivity contribution is -0.124. The molecule has 4 rings (SSSR count). The van der Waals surface area contributed by atoms with Gasteiger partial charge < -0.3 is 15.4 Å². The SMILES string of the molecule is O=C(CSc1nnc(Nc2ccc(Oc3ccccc3)cc2)s1)N1CCNC1=O. The lowest BCUT2D eigenvalue weighted by Gasteiger charge is -2.10. The van der Waals surface area contributed by atoms with E-state index < -0.39 is 0 Å². The Bertz CT molecular complexity index is 995. The van der Waals surface area contributed by atoms with E-state index in [-0.39, 0.29) is 17.7 Å². The number of benzene rings is 2. The van der Waals surface area contributed by atoms with E-state index in [2.05, 4.69) is 20.8 Å². The van der Waals surface area contributed by atoms with Gasteiger partial charge in [-0.25, -0.2) is 4.79 Å². The molecule has 2 aromatic carbocycles. The van der Waals surface area contributed by atoms with E-state index in [0.717, 1.165) is 17.2 Å². The molecule has 0 aliphatic carbocycles. The van der Waals surface area contributed by atoms with E-state index in [4.69, 9.17) is 4.74 Å². The standard InChI is InChI=1S/C19H17N5O3S2/c25-16(24-11-10-20-18(24)26)12-28-19-23-22-17(29-19)21-13-6-8-15(9-7-13)27-14-4-2-1-3-5-14/h1-9H,10-12H2,(H,20,26)(H,21,22). The summed E-state index contributed by atoms with van der Waals surface area (Å²) in [6.07, 6.45) is 0. The van der Waals surface area contributed by atoms with Crippen molar-refractivity contribution in [2.45, 2.75) is 4.34 Å². The molecule has 148 valence electrons. The van der Waals surface area contributed by atoms with Crippen LogP contribution in [0.25, 0.3) is 0 Å². The number of urea groups is 1. The van der Waals surface area contributed by atoms with Gasteiger partial charge in [-0.05, 0) is 36.4 Å². The molecule has 3 amide bonds. The van der Waals surface area contributed by atoms with Crippen molar-refractivity contribution >= 4 is 45.9 Å². The Hall–Kier alpha value is -3.11. The topological polar surface area (TPSA) is 96.4 Å². The van der Waals surface area contributed by atoms with E-state index in [1.165, 1.54) is 28.0 Å². The summed E-state index contributed by atoms with van der Waals surface area (Å²) < 4.78 is 6.43. The van der Waals surface area contributed by atoms with Gasteiger partial charge in [-0.1, -0.05) is 41.3 Å². The second-order valence-corrected chi connectivity index (χ2v) is 8.20. The number of hydrogen-bond donors (Lipinski definition) is 2. The molecule has 10 heteroatoms. The van der Waals surface area contributed by atoms with E-state index in [1.54, 1.807) is 0 Å². The van der Waals surface area contributed by atoms with E-state index >= 15 is 0 Å². The first kappa shape index (κ1) is 19.2. The summed E-state index contributed by atoms with van der Waals surface area (Å²) in [5.41, 5.74) is 0.850. The third-order valence-corrected chi connectivity index (χ3v) is 5.92. The molecule has 0 saturated carbocycles. The molecule has 2 N–H and O–H groups in total. The number of anilines is 2. The van der Waals surface area contributed by atoms with Crippen LogP contribution in [0.2, 0.25) is 0 Å². The molecule has 8 nitrogen and oxygen atoms in total. The summed E-state index contributed by atoms with van der Waals surface area (Å²) in [4.78, 5) is 24.8. The Kier molecular flexibility index (Phi) is 5.92. The number of thioether (sulfide) groups is 1. The Morgan fingerprint density at radius 3 is 2.62 bits per heavy atom. The molecule has 1 aliphatic heterocycles. The van der Waals surface area contributed by atoms with Crippen molar-refractivity contribution in [3.63, 3.8) is 0 Å². The average Bonchev–Trinajstić information content (AvgIpc) is 3.37. The van der Waals surface area contributed by atoms with Gasteiger partial charge in [-0.3, -0.25) is 9.69 Å². The largest absolute Gasteiger partial charge is 0.457 e. The van der Waals surface area contributed by atoms with E-state index in [0.29, 0.717) is 22.6 Å². The fourth-order valence-corrected chi connectivity index (χ4v) is 4.23. The Labute approximate surface area is 175 Å². The molecule has 3 aromatic rings. The zero-order valence-corrected chi connectivity index (χ0v) is 16.8. The Balaban J connectivity index is 1.29. The minimum Gasteiger partial charge on any atom is -0.457 e. The average molecular weight is 428 g/mol. The van der Waals surface area contributed by atoms with Gasteiger partial charge in [0.15, 0.2) is 4.34 Å². The Morgan fingerprint density at radius 2 is 1.90 bits per heavy atom. The molecule has 29 heavy (non-hydrogen) atoms. The smallest absolute Gasteiger partial charge is 0.324 e. The summed E-state index contributed by atoms with van der Waals surface area (Å²) >= 11 is 2.61. The summed E-state index contributed by atoms with van der Waals surface area (Å²) in [6, 6.07) is 16.7. The zero-order chi connectivity index (χ0) is 20.1. The molecule has 0 radical (unpaired) electrons. The molecular formula is C19H17N5O3S2. The van der Waals surface area contributed by atoms with Crippen LogP contribution in [0, 0.1) is 0 Å². The predicted molar refractivity (Wildman–Crippen MR) is 112 cm³/mol. The lowest BCUT2D eigenvalue weighted by atomic mass is 10.3. The van der Waals surface area contributed by atoms with E-state index in [9.17, 15) is 9.59 Å². The maximum atomic E-state index is 12.1. The van der Waals surface area contributed by atoms with Crippen LogP contribution in [0.3, 0.4) is 0 Å². The van der Waals surface area contributed by atoms with Crippen LogP contribution in [0.15, 0.2) is 58.9 Å². The number of hydrogen-bond acceptors (Lipinski definition) is 8. The molecule has 0 unspecified atom stereocenters. The number of imide groups is 1. The number of amides is 3. The molecule has 2 heterocycles. The van der Waals surface area contributed by atoms with Gasteiger partial charge in [0, 0.05) is 18.8 Å². The highest BCUT2D eigenvalue weighted by molar-refractivity contribution is 8.01. The maximum absolute atomic E-state index is 12.1. The lowest BCUT2D eigenvalue weighted by Crippen LogP contribution is -2.35. The van der Waals surface area contributed by atoms with Crippen LogP contribution in [-0.4, -0.2) is 45.9 Å². The number of carbonyl (C=O) groups excluding carboxylic acids is 2. The van der Waals surface area contributed by atoms with Crippen LogP contribution in [0.4, 0.5) is 15.6 Å². The second-order valence-electron chi connectivity index (χ2n) is 6.00.